The molecule has 1 aliphatic heterocycles. The normalized spacial score (nSPS) is 20.2. The third-order valence-corrected chi connectivity index (χ3v) is 4.33. The third kappa shape index (κ3) is 4.96. The number of likely N-dealkylation sites (tertiary alicyclic amines) is 1. The molecule has 24 heavy (non-hydrogen) atoms. The Morgan fingerprint density at radius 2 is 2.08 bits per heavy atom. The minimum Gasteiger partial charge on any atom is -0.493 e. The fraction of sp³-hybridized carbons (Fsp3) is 0.556. The van der Waals surface area contributed by atoms with E-state index in [9.17, 15) is 9.59 Å². The fourth-order valence-electron chi connectivity index (χ4n) is 3.01. The number of carbonyl (C=O) groups excluding carboxylic acids is 1. The number of para-hydroxylation sites is 1. The molecule has 0 radical (unpaired) electrons. The van der Waals surface area contributed by atoms with E-state index >= 15 is 0 Å². The Morgan fingerprint density at radius 1 is 1.33 bits per heavy atom. The van der Waals surface area contributed by atoms with Crippen LogP contribution in [0.4, 0.5) is 0 Å². The van der Waals surface area contributed by atoms with Crippen molar-refractivity contribution in [2.75, 3.05) is 20.3 Å². The number of aryl methyl sites for hydroxylation is 1. The highest BCUT2D eigenvalue weighted by Gasteiger charge is 2.36. The lowest BCUT2D eigenvalue weighted by atomic mass is 10.1. The zero-order valence-electron chi connectivity index (χ0n) is 14.2. The van der Waals surface area contributed by atoms with Crippen LogP contribution in [0.2, 0.25) is 0 Å². The average molecular weight is 335 g/mol. The molecule has 0 saturated carbocycles. The number of methoxy groups -OCH3 is 1. The quantitative estimate of drug-likeness (QED) is 0.737. The summed E-state index contributed by atoms with van der Waals surface area (Å²) in [6.45, 7) is 2.90. The second kappa shape index (κ2) is 8.68. The van der Waals surface area contributed by atoms with Crippen LogP contribution in [0.3, 0.4) is 0 Å². The molecular weight excluding hydrogens is 310 g/mol. The summed E-state index contributed by atoms with van der Waals surface area (Å²) in [5, 5.41) is 9.00. The van der Waals surface area contributed by atoms with Crippen molar-refractivity contribution < 1.29 is 24.2 Å². The van der Waals surface area contributed by atoms with Gasteiger partial charge in [-0.15, -0.1) is 0 Å². The molecule has 1 aromatic rings. The van der Waals surface area contributed by atoms with Gasteiger partial charge in [0.2, 0.25) is 5.91 Å². The molecule has 0 aliphatic carbocycles. The number of ether oxygens (including phenoxy) is 2. The molecular formula is C18H25NO5. The maximum Gasteiger partial charge on any atom is 0.305 e. The van der Waals surface area contributed by atoms with Gasteiger partial charge in [-0.3, -0.25) is 9.59 Å². The number of rotatable bonds is 8. The highest BCUT2D eigenvalue weighted by molar-refractivity contribution is 5.78. The SMILES string of the molecule is COC1CC(CC(=O)O)N(C(=O)CCCOc2ccccc2C)C1. The minimum absolute atomic E-state index is 0.0332. The molecule has 1 amide bonds. The van der Waals surface area contributed by atoms with Gasteiger partial charge < -0.3 is 19.5 Å². The lowest BCUT2D eigenvalue weighted by Gasteiger charge is -2.23. The molecule has 0 aromatic heterocycles. The maximum absolute atomic E-state index is 12.4. The standard InChI is InChI=1S/C18H25NO5/c1-13-6-3-4-7-16(13)24-9-5-8-17(20)19-12-15(23-2)10-14(19)11-18(21)22/h3-4,6-7,14-15H,5,8-12H2,1-2H3,(H,21,22). The van der Waals surface area contributed by atoms with E-state index in [0.717, 1.165) is 11.3 Å². The molecule has 1 saturated heterocycles. The summed E-state index contributed by atoms with van der Waals surface area (Å²) in [5.41, 5.74) is 1.06. The zero-order valence-corrected chi connectivity index (χ0v) is 14.2. The van der Waals surface area contributed by atoms with E-state index in [-0.39, 0.29) is 24.5 Å². The van der Waals surface area contributed by atoms with Crippen molar-refractivity contribution in [1.82, 2.24) is 4.90 Å². The summed E-state index contributed by atoms with van der Waals surface area (Å²) >= 11 is 0. The van der Waals surface area contributed by atoms with E-state index in [1.165, 1.54) is 0 Å². The summed E-state index contributed by atoms with van der Waals surface area (Å²) in [4.78, 5) is 25.0. The van der Waals surface area contributed by atoms with E-state index in [1.807, 2.05) is 31.2 Å². The van der Waals surface area contributed by atoms with E-state index in [4.69, 9.17) is 14.6 Å². The van der Waals surface area contributed by atoms with Gasteiger partial charge in [0.05, 0.1) is 19.1 Å². The highest BCUT2D eigenvalue weighted by atomic mass is 16.5. The molecule has 1 heterocycles. The van der Waals surface area contributed by atoms with Gasteiger partial charge >= 0.3 is 5.97 Å². The van der Waals surface area contributed by atoms with E-state index in [1.54, 1.807) is 12.0 Å². The van der Waals surface area contributed by atoms with E-state index in [2.05, 4.69) is 0 Å². The van der Waals surface area contributed by atoms with Crippen molar-refractivity contribution in [3.63, 3.8) is 0 Å². The number of benzene rings is 1. The highest BCUT2D eigenvalue weighted by Crippen LogP contribution is 2.24. The number of nitrogens with zero attached hydrogens (tertiary/aromatic N) is 1. The van der Waals surface area contributed by atoms with Gasteiger partial charge in [0.1, 0.15) is 5.75 Å². The molecule has 1 fully saturated rings. The van der Waals surface area contributed by atoms with Crippen LogP contribution in [0.25, 0.3) is 0 Å². The van der Waals surface area contributed by atoms with E-state index in [0.29, 0.717) is 32.4 Å². The molecule has 2 atom stereocenters. The fourth-order valence-corrected chi connectivity index (χ4v) is 3.01. The molecule has 0 bridgehead atoms. The van der Waals surface area contributed by atoms with Gasteiger partial charge in [0.25, 0.3) is 0 Å². The van der Waals surface area contributed by atoms with Crippen molar-refractivity contribution in [2.45, 2.75) is 44.8 Å². The predicted octanol–water partition coefficient (Wildman–Crippen LogP) is 2.24. The summed E-state index contributed by atoms with van der Waals surface area (Å²) in [5.74, 6) is -0.0963. The van der Waals surface area contributed by atoms with Crippen molar-refractivity contribution >= 4 is 11.9 Å². The zero-order chi connectivity index (χ0) is 17.5. The van der Waals surface area contributed by atoms with E-state index < -0.39 is 5.97 Å². The van der Waals surface area contributed by atoms with Crippen LogP contribution in [0.5, 0.6) is 5.75 Å². The summed E-state index contributed by atoms with van der Waals surface area (Å²) < 4.78 is 11.0. The number of hydrogen-bond donors (Lipinski definition) is 1. The Hall–Kier alpha value is -2.08. The second-order valence-corrected chi connectivity index (χ2v) is 6.11. The Kier molecular flexibility index (Phi) is 6.61. The van der Waals surface area contributed by atoms with Crippen LogP contribution < -0.4 is 4.74 Å². The number of carbonyl (C=O) groups is 2. The van der Waals surface area contributed by atoms with Crippen molar-refractivity contribution in [2.24, 2.45) is 0 Å². The van der Waals surface area contributed by atoms with Gasteiger partial charge in [0, 0.05) is 26.1 Å². The molecule has 1 aliphatic rings. The number of amides is 1. The molecule has 1 aromatic carbocycles. The smallest absolute Gasteiger partial charge is 0.305 e. The summed E-state index contributed by atoms with van der Waals surface area (Å²) in [6.07, 6.45) is 1.40. The molecule has 2 unspecified atom stereocenters. The van der Waals surface area contributed by atoms with Crippen LogP contribution in [-0.2, 0) is 14.3 Å². The Bertz CT molecular complexity index is 574. The van der Waals surface area contributed by atoms with Crippen LogP contribution in [-0.4, -0.2) is 54.3 Å². The topological polar surface area (TPSA) is 76.1 Å². The first-order valence-electron chi connectivity index (χ1n) is 8.23. The first-order valence-corrected chi connectivity index (χ1v) is 8.23. The maximum atomic E-state index is 12.4. The lowest BCUT2D eigenvalue weighted by Crippen LogP contribution is -2.37. The van der Waals surface area contributed by atoms with Gasteiger partial charge in [0.15, 0.2) is 0 Å². The van der Waals surface area contributed by atoms with Crippen LogP contribution in [0, 0.1) is 6.92 Å². The van der Waals surface area contributed by atoms with Crippen molar-refractivity contribution in [3.05, 3.63) is 29.8 Å². The first-order chi connectivity index (χ1) is 11.5. The molecule has 6 heteroatoms. The molecule has 0 spiro atoms. The largest absolute Gasteiger partial charge is 0.493 e. The number of carboxylic acids is 1. The Morgan fingerprint density at radius 3 is 2.75 bits per heavy atom. The van der Waals surface area contributed by atoms with Gasteiger partial charge in [-0.2, -0.15) is 0 Å². The minimum atomic E-state index is -0.891. The van der Waals surface area contributed by atoms with Crippen LogP contribution in [0.1, 0.15) is 31.2 Å². The average Bonchev–Trinajstić information content (AvgIpc) is 2.95. The molecule has 1 N–H and O–H groups in total. The Balaban J connectivity index is 1.80. The number of hydrogen-bond acceptors (Lipinski definition) is 4. The van der Waals surface area contributed by atoms with Gasteiger partial charge in [-0.05, 0) is 31.4 Å². The third-order valence-electron chi connectivity index (χ3n) is 4.33. The monoisotopic (exact) mass is 335 g/mol. The van der Waals surface area contributed by atoms with Crippen molar-refractivity contribution in [3.8, 4) is 5.75 Å². The van der Waals surface area contributed by atoms with Gasteiger partial charge in [-0.25, -0.2) is 0 Å². The molecule has 2 rings (SSSR count). The molecule has 132 valence electrons. The predicted molar refractivity (Wildman–Crippen MR) is 89.1 cm³/mol. The number of carboxylic acid groups (broad SMARTS) is 1. The summed E-state index contributed by atoms with van der Waals surface area (Å²) in [6, 6.07) is 7.47. The summed E-state index contributed by atoms with van der Waals surface area (Å²) in [7, 11) is 1.59. The first kappa shape index (κ1) is 18.3. The van der Waals surface area contributed by atoms with Crippen LogP contribution >= 0.6 is 0 Å². The van der Waals surface area contributed by atoms with Gasteiger partial charge in [-0.1, -0.05) is 18.2 Å². The number of aliphatic carboxylic acids is 1. The lowest BCUT2D eigenvalue weighted by molar-refractivity contribution is -0.140. The molecule has 6 nitrogen and oxygen atoms in total. The van der Waals surface area contributed by atoms with Crippen molar-refractivity contribution in [1.29, 1.82) is 0 Å². The second-order valence-electron chi connectivity index (χ2n) is 6.11. The van der Waals surface area contributed by atoms with Crippen LogP contribution in [0.15, 0.2) is 24.3 Å². The Labute approximate surface area is 142 Å².